The Balaban J connectivity index is 2.05. The zero-order valence-electron chi connectivity index (χ0n) is 10.9. The van der Waals surface area contributed by atoms with Gasteiger partial charge in [0.1, 0.15) is 0 Å². The Morgan fingerprint density at radius 3 is 2.28 bits per heavy atom. The monoisotopic (exact) mass is 241 g/mol. The number of nitrogens with zero attached hydrogens (tertiary/aromatic N) is 2. The molecule has 94 valence electrons. The van der Waals surface area contributed by atoms with Crippen molar-refractivity contribution in [2.45, 2.75) is 32.7 Å². The number of aryl methyl sites for hydroxylation is 2. The molecule has 1 heterocycles. The molecular weight excluding hydrogens is 222 g/mol. The fourth-order valence-corrected chi connectivity index (χ4v) is 1.86. The van der Waals surface area contributed by atoms with Gasteiger partial charge < -0.3 is 5.73 Å². The molecule has 0 aliphatic heterocycles. The van der Waals surface area contributed by atoms with Crippen LogP contribution in [0.25, 0.3) is 0 Å². The van der Waals surface area contributed by atoms with E-state index >= 15 is 0 Å². The summed E-state index contributed by atoms with van der Waals surface area (Å²) in [5, 5.41) is 0. The molecule has 0 spiro atoms. The number of nitrogens with two attached hydrogens (primary N) is 1. The van der Waals surface area contributed by atoms with Gasteiger partial charge in [-0.1, -0.05) is 31.2 Å². The fourth-order valence-electron chi connectivity index (χ4n) is 1.86. The molecule has 3 heteroatoms. The normalized spacial score (nSPS) is 12.4. The molecule has 1 aromatic carbocycles. The minimum Gasteiger partial charge on any atom is -0.322 e. The van der Waals surface area contributed by atoms with Crippen molar-refractivity contribution in [3.05, 3.63) is 59.2 Å². The first-order valence-corrected chi connectivity index (χ1v) is 6.31. The molecule has 2 N–H and O–H groups in total. The van der Waals surface area contributed by atoms with Crippen molar-refractivity contribution >= 4 is 0 Å². The number of hydrogen-bond acceptors (Lipinski definition) is 3. The average Bonchev–Trinajstić information content (AvgIpc) is 2.40. The largest absolute Gasteiger partial charge is 0.322 e. The average molecular weight is 241 g/mol. The zero-order valence-corrected chi connectivity index (χ0v) is 10.9. The summed E-state index contributed by atoms with van der Waals surface area (Å²) in [5.41, 5.74) is 10.5. The third kappa shape index (κ3) is 3.14. The van der Waals surface area contributed by atoms with Gasteiger partial charge in [-0.05, 0) is 30.9 Å². The summed E-state index contributed by atoms with van der Waals surface area (Å²) in [5.74, 6) is 0. The summed E-state index contributed by atoms with van der Waals surface area (Å²) in [6.07, 6.45) is 5.38. The first-order chi connectivity index (χ1) is 8.69. The second kappa shape index (κ2) is 5.74. The van der Waals surface area contributed by atoms with E-state index in [1.807, 2.05) is 6.92 Å². The number of aromatic nitrogens is 2. The summed E-state index contributed by atoms with van der Waals surface area (Å²) in [6.45, 7) is 4.08. The van der Waals surface area contributed by atoms with Gasteiger partial charge >= 0.3 is 0 Å². The van der Waals surface area contributed by atoms with Gasteiger partial charge in [-0.25, -0.2) is 0 Å². The van der Waals surface area contributed by atoms with Gasteiger partial charge in [0.2, 0.25) is 0 Å². The van der Waals surface area contributed by atoms with Crippen LogP contribution in [0.4, 0.5) is 0 Å². The maximum absolute atomic E-state index is 6.15. The van der Waals surface area contributed by atoms with Crippen molar-refractivity contribution in [1.82, 2.24) is 9.97 Å². The Labute approximate surface area is 108 Å². The van der Waals surface area contributed by atoms with Gasteiger partial charge in [0.05, 0.1) is 23.6 Å². The van der Waals surface area contributed by atoms with Crippen LogP contribution < -0.4 is 5.73 Å². The second-order valence-corrected chi connectivity index (χ2v) is 4.56. The van der Waals surface area contributed by atoms with E-state index in [0.29, 0.717) is 0 Å². The van der Waals surface area contributed by atoms with Crippen LogP contribution in [0.1, 0.15) is 35.5 Å². The van der Waals surface area contributed by atoms with E-state index in [2.05, 4.69) is 41.2 Å². The summed E-state index contributed by atoms with van der Waals surface area (Å²) in [4.78, 5) is 8.55. The molecule has 1 aromatic heterocycles. The molecule has 1 unspecified atom stereocenters. The number of hydrogen-bond donors (Lipinski definition) is 1. The van der Waals surface area contributed by atoms with Crippen molar-refractivity contribution < 1.29 is 0 Å². The minimum atomic E-state index is -0.0921. The van der Waals surface area contributed by atoms with Crippen LogP contribution >= 0.6 is 0 Å². The van der Waals surface area contributed by atoms with E-state index in [9.17, 15) is 0 Å². The van der Waals surface area contributed by atoms with Gasteiger partial charge in [0.25, 0.3) is 0 Å². The van der Waals surface area contributed by atoms with Crippen molar-refractivity contribution in [1.29, 1.82) is 0 Å². The maximum atomic E-state index is 6.15. The predicted octanol–water partition coefficient (Wildman–Crippen LogP) is 2.59. The fraction of sp³-hybridized carbons (Fsp3) is 0.333. The van der Waals surface area contributed by atoms with Gasteiger partial charge in [0, 0.05) is 6.20 Å². The highest BCUT2D eigenvalue weighted by Gasteiger charge is 2.08. The molecule has 0 saturated heterocycles. The SMILES string of the molecule is CCc1ccc(CC(N)c2cnc(C)cn2)cc1. The summed E-state index contributed by atoms with van der Waals surface area (Å²) < 4.78 is 0. The molecule has 0 aliphatic rings. The third-order valence-corrected chi connectivity index (χ3v) is 3.07. The van der Waals surface area contributed by atoms with Gasteiger partial charge in [-0.15, -0.1) is 0 Å². The van der Waals surface area contributed by atoms with Crippen LogP contribution in [0.5, 0.6) is 0 Å². The van der Waals surface area contributed by atoms with Crippen LogP contribution in [0.3, 0.4) is 0 Å². The van der Waals surface area contributed by atoms with Crippen molar-refractivity contribution in [2.24, 2.45) is 5.73 Å². The lowest BCUT2D eigenvalue weighted by atomic mass is 10.0. The highest BCUT2D eigenvalue weighted by atomic mass is 14.8. The van der Waals surface area contributed by atoms with Crippen LogP contribution in [0.15, 0.2) is 36.7 Å². The van der Waals surface area contributed by atoms with E-state index in [1.165, 1.54) is 11.1 Å². The molecule has 1 atom stereocenters. The molecule has 18 heavy (non-hydrogen) atoms. The molecule has 2 rings (SSSR count). The van der Waals surface area contributed by atoms with Crippen LogP contribution in [-0.2, 0) is 12.8 Å². The Hall–Kier alpha value is -1.74. The molecule has 0 radical (unpaired) electrons. The van der Waals surface area contributed by atoms with E-state index in [-0.39, 0.29) is 6.04 Å². The molecule has 3 nitrogen and oxygen atoms in total. The van der Waals surface area contributed by atoms with Crippen LogP contribution in [-0.4, -0.2) is 9.97 Å². The first-order valence-electron chi connectivity index (χ1n) is 6.31. The van der Waals surface area contributed by atoms with E-state index in [4.69, 9.17) is 5.73 Å². The Kier molecular flexibility index (Phi) is 4.05. The van der Waals surface area contributed by atoms with Gasteiger partial charge in [-0.3, -0.25) is 9.97 Å². The number of rotatable bonds is 4. The molecular formula is C15H19N3. The lowest BCUT2D eigenvalue weighted by Crippen LogP contribution is -2.15. The summed E-state index contributed by atoms with van der Waals surface area (Å²) in [7, 11) is 0. The van der Waals surface area contributed by atoms with E-state index < -0.39 is 0 Å². The standard InChI is InChI=1S/C15H19N3/c1-3-12-4-6-13(7-5-12)8-14(16)15-10-17-11(2)9-18-15/h4-7,9-10,14H,3,8,16H2,1-2H3. The number of benzene rings is 1. The zero-order chi connectivity index (χ0) is 13.0. The lowest BCUT2D eigenvalue weighted by Gasteiger charge is -2.11. The smallest absolute Gasteiger partial charge is 0.0757 e. The third-order valence-electron chi connectivity index (χ3n) is 3.07. The molecule has 0 bridgehead atoms. The predicted molar refractivity (Wildman–Crippen MR) is 73.2 cm³/mol. The highest BCUT2D eigenvalue weighted by Crippen LogP contribution is 2.14. The molecule has 0 amide bonds. The topological polar surface area (TPSA) is 51.8 Å². The molecule has 0 fully saturated rings. The van der Waals surface area contributed by atoms with Gasteiger partial charge in [0.15, 0.2) is 0 Å². The van der Waals surface area contributed by atoms with Crippen molar-refractivity contribution in [3.8, 4) is 0 Å². The quantitative estimate of drug-likeness (QED) is 0.895. The summed E-state index contributed by atoms with van der Waals surface area (Å²) in [6, 6.07) is 8.50. The highest BCUT2D eigenvalue weighted by molar-refractivity contribution is 5.24. The summed E-state index contributed by atoms with van der Waals surface area (Å²) >= 11 is 0. The van der Waals surface area contributed by atoms with Crippen LogP contribution in [0.2, 0.25) is 0 Å². The minimum absolute atomic E-state index is 0.0921. The molecule has 0 aliphatic carbocycles. The van der Waals surface area contributed by atoms with Crippen LogP contribution in [0, 0.1) is 6.92 Å². The van der Waals surface area contributed by atoms with E-state index in [0.717, 1.165) is 24.2 Å². The van der Waals surface area contributed by atoms with Crippen molar-refractivity contribution in [3.63, 3.8) is 0 Å². The Morgan fingerprint density at radius 2 is 1.72 bits per heavy atom. The molecule has 2 aromatic rings. The van der Waals surface area contributed by atoms with E-state index in [1.54, 1.807) is 12.4 Å². The Morgan fingerprint density at radius 1 is 1.06 bits per heavy atom. The second-order valence-electron chi connectivity index (χ2n) is 4.56. The molecule has 0 saturated carbocycles. The lowest BCUT2D eigenvalue weighted by molar-refractivity contribution is 0.689. The maximum Gasteiger partial charge on any atom is 0.0757 e. The first kappa shape index (κ1) is 12.7. The Bertz CT molecular complexity index is 488. The van der Waals surface area contributed by atoms with Gasteiger partial charge in [-0.2, -0.15) is 0 Å². The van der Waals surface area contributed by atoms with Crippen molar-refractivity contribution in [2.75, 3.05) is 0 Å².